The Kier molecular flexibility index (Phi) is 6.03. The standard InChI is InChI=1S/C24H27N5O2S/c1-31-20-13-9-18(10-14-20)25-22(30)21(17-7-3-2-4-8-17)32-24-27-26-23(28-15-5-6-16-28)29(24)19-11-12-19/h2-4,7-10,13-14,19,21H,5-6,11-12,15-16H2,1H3,(H,25,30). The lowest BCUT2D eigenvalue weighted by Gasteiger charge is -2.20. The number of ether oxygens (including phenoxy) is 1. The summed E-state index contributed by atoms with van der Waals surface area (Å²) in [6, 6.07) is 17.7. The predicted molar refractivity (Wildman–Crippen MR) is 126 cm³/mol. The number of nitrogens with zero attached hydrogens (tertiary/aromatic N) is 4. The summed E-state index contributed by atoms with van der Waals surface area (Å²) >= 11 is 1.48. The molecule has 1 N–H and O–H groups in total. The summed E-state index contributed by atoms with van der Waals surface area (Å²) in [5, 5.41) is 12.5. The van der Waals surface area contributed by atoms with Crippen LogP contribution in [-0.4, -0.2) is 40.9 Å². The van der Waals surface area contributed by atoms with E-state index < -0.39 is 5.25 Å². The summed E-state index contributed by atoms with van der Waals surface area (Å²) < 4.78 is 7.47. The molecule has 2 heterocycles. The highest BCUT2D eigenvalue weighted by molar-refractivity contribution is 8.00. The number of carbonyl (C=O) groups is 1. The fraction of sp³-hybridized carbons (Fsp3) is 0.375. The summed E-state index contributed by atoms with van der Waals surface area (Å²) in [6.45, 7) is 2.05. The molecule has 5 rings (SSSR count). The second-order valence-electron chi connectivity index (χ2n) is 8.20. The van der Waals surface area contributed by atoms with Crippen LogP contribution in [0.1, 0.15) is 42.5 Å². The van der Waals surface area contributed by atoms with E-state index in [0.717, 1.165) is 54.0 Å². The van der Waals surface area contributed by atoms with Crippen LogP contribution in [0.25, 0.3) is 0 Å². The molecule has 1 saturated heterocycles. The van der Waals surface area contributed by atoms with Gasteiger partial charge in [-0.05, 0) is 55.5 Å². The summed E-state index contributed by atoms with van der Waals surface area (Å²) in [5.74, 6) is 1.62. The van der Waals surface area contributed by atoms with Crippen molar-refractivity contribution in [1.82, 2.24) is 14.8 Å². The number of thioether (sulfide) groups is 1. The molecule has 2 aliphatic rings. The summed E-state index contributed by atoms with van der Waals surface area (Å²) in [7, 11) is 1.63. The van der Waals surface area contributed by atoms with Gasteiger partial charge >= 0.3 is 0 Å². The average molecular weight is 450 g/mol. The van der Waals surface area contributed by atoms with Crippen LogP contribution in [0.2, 0.25) is 0 Å². The third kappa shape index (κ3) is 4.46. The minimum Gasteiger partial charge on any atom is -0.497 e. The summed E-state index contributed by atoms with van der Waals surface area (Å²) in [6.07, 6.45) is 4.66. The lowest BCUT2D eigenvalue weighted by molar-refractivity contribution is -0.115. The highest BCUT2D eigenvalue weighted by atomic mass is 32.2. The molecule has 166 valence electrons. The van der Waals surface area contributed by atoms with Crippen LogP contribution >= 0.6 is 11.8 Å². The zero-order chi connectivity index (χ0) is 21.9. The fourth-order valence-electron chi connectivity index (χ4n) is 4.02. The number of carbonyl (C=O) groups excluding carboxylic acids is 1. The number of nitrogens with one attached hydrogen (secondary N) is 1. The molecule has 0 bridgehead atoms. The zero-order valence-corrected chi connectivity index (χ0v) is 18.9. The quantitative estimate of drug-likeness (QED) is 0.503. The van der Waals surface area contributed by atoms with E-state index >= 15 is 0 Å². The Morgan fingerprint density at radius 2 is 1.78 bits per heavy atom. The Balaban J connectivity index is 1.42. The van der Waals surface area contributed by atoms with E-state index in [1.165, 1.54) is 24.6 Å². The Morgan fingerprint density at radius 1 is 1.06 bits per heavy atom. The van der Waals surface area contributed by atoms with Gasteiger partial charge in [0.2, 0.25) is 11.9 Å². The van der Waals surface area contributed by atoms with Crippen molar-refractivity contribution < 1.29 is 9.53 Å². The second kappa shape index (κ2) is 9.24. The van der Waals surface area contributed by atoms with Crippen molar-refractivity contribution in [2.75, 3.05) is 30.4 Å². The van der Waals surface area contributed by atoms with Crippen LogP contribution in [0.3, 0.4) is 0 Å². The number of rotatable bonds is 8. The van der Waals surface area contributed by atoms with Gasteiger partial charge in [-0.25, -0.2) is 0 Å². The Labute approximate surface area is 192 Å². The van der Waals surface area contributed by atoms with Crippen LogP contribution in [0.15, 0.2) is 59.8 Å². The smallest absolute Gasteiger partial charge is 0.242 e. The zero-order valence-electron chi connectivity index (χ0n) is 18.1. The molecule has 1 unspecified atom stereocenters. The topological polar surface area (TPSA) is 72.3 Å². The molecule has 1 saturated carbocycles. The molecule has 3 aromatic rings. The van der Waals surface area contributed by atoms with Crippen LogP contribution in [0.5, 0.6) is 5.75 Å². The molecule has 1 aromatic heterocycles. The first kappa shape index (κ1) is 20.9. The Bertz CT molecular complexity index is 1060. The van der Waals surface area contributed by atoms with Gasteiger partial charge in [0.15, 0.2) is 5.16 Å². The summed E-state index contributed by atoms with van der Waals surface area (Å²) in [4.78, 5) is 15.7. The van der Waals surface area contributed by atoms with E-state index in [9.17, 15) is 4.79 Å². The van der Waals surface area contributed by atoms with Crippen LogP contribution in [0.4, 0.5) is 11.6 Å². The second-order valence-corrected chi connectivity index (χ2v) is 9.28. The maximum absolute atomic E-state index is 13.4. The van der Waals surface area contributed by atoms with Crippen molar-refractivity contribution >= 4 is 29.3 Å². The number of methoxy groups -OCH3 is 1. The molecule has 7 nitrogen and oxygen atoms in total. The van der Waals surface area contributed by atoms with Crippen molar-refractivity contribution in [2.45, 2.75) is 42.1 Å². The Hall–Kier alpha value is -3.00. The molecule has 2 aromatic carbocycles. The monoisotopic (exact) mass is 449 g/mol. The maximum atomic E-state index is 13.4. The first-order chi connectivity index (χ1) is 15.7. The largest absolute Gasteiger partial charge is 0.497 e. The number of hydrogen-bond acceptors (Lipinski definition) is 6. The van der Waals surface area contributed by atoms with Gasteiger partial charge < -0.3 is 15.0 Å². The molecule has 1 amide bonds. The van der Waals surface area contributed by atoms with Crippen LogP contribution in [-0.2, 0) is 4.79 Å². The molecule has 0 spiro atoms. The SMILES string of the molecule is COc1ccc(NC(=O)C(Sc2nnc(N3CCCC3)n2C2CC2)c2ccccc2)cc1. The molecule has 1 aliphatic heterocycles. The van der Waals surface area contributed by atoms with Crippen molar-refractivity contribution in [3.05, 3.63) is 60.2 Å². The van der Waals surface area contributed by atoms with Crippen LogP contribution in [0, 0.1) is 0 Å². The van der Waals surface area contributed by atoms with Crippen molar-refractivity contribution in [2.24, 2.45) is 0 Å². The molecule has 2 fully saturated rings. The third-order valence-corrected chi connectivity index (χ3v) is 7.08. The molecule has 32 heavy (non-hydrogen) atoms. The van der Waals surface area contributed by atoms with Gasteiger partial charge in [-0.2, -0.15) is 0 Å². The summed E-state index contributed by atoms with van der Waals surface area (Å²) in [5.41, 5.74) is 1.68. The van der Waals surface area contributed by atoms with Gasteiger partial charge in [-0.15, -0.1) is 10.2 Å². The van der Waals surface area contributed by atoms with E-state index in [2.05, 4.69) is 25.0 Å². The highest BCUT2D eigenvalue weighted by Crippen LogP contribution is 2.44. The number of amides is 1. The molecular weight excluding hydrogens is 422 g/mol. The van der Waals surface area contributed by atoms with Gasteiger partial charge in [-0.1, -0.05) is 42.1 Å². The average Bonchev–Trinajstić information content (AvgIpc) is 3.35. The Morgan fingerprint density at radius 3 is 2.44 bits per heavy atom. The van der Waals surface area contributed by atoms with Gasteiger partial charge in [0.25, 0.3) is 0 Å². The van der Waals surface area contributed by atoms with Crippen LogP contribution < -0.4 is 15.0 Å². The van der Waals surface area contributed by atoms with E-state index in [4.69, 9.17) is 4.74 Å². The highest BCUT2D eigenvalue weighted by Gasteiger charge is 2.34. The molecule has 0 radical (unpaired) electrons. The molecular formula is C24H27N5O2S. The van der Waals surface area contributed by atoms with Crippen molar-refractivity contribution in [1.29, 1.82) is 0 Å². The number of anilines is 2. The first-order valence-corrected chi connectivity index (χ1v) is 12.0. The molecule has 1 atom stereocenters. The van der Waals surface area contributed by atoms with E-state index in [-0.39, 0.29) is 5.91 Å². The minimum absolute atomic E-state index is 0.0839. The van der Waals surface area contributed by atoms with Gasteiger partial charge in [0.1, 0.15) is 11.0 Å². The number of aromatic nitrogens is 3. The maximum Gasteiger partial charge on any atom is 0.242 e. The molecule has 8 heteroatoms. The predicted octanol–water partition coefficient (Wildman–Crippen LogP) is 4.69. The van der Waals surface area contributed by atoms with Gasteiger partial charge in [0.05, 0.1) is 7.11 Å². The van der Waals surface area contributed by atoms with E-state index in [1.807, 2.05) is 54.6 Å². The lowest BCUT2D eigenvalue weighted by atomic mass is 10.1. The van der Waals surface area contributed by atoms with Crippen molar-refractivity contribution in [3.8, 4) is 5.75 Å². The third-order valence-electron chi connectivity index (χ3n) is 5.87. The minimum atomic E-state index is -0.438. The van der Waals surface area contributed by atoms with E-state index in [1.54, 1.807) is 7.11 Å². The first-order valence-electron chi connectivity index (χ1n) is 11.1. The normalized spacial score (nSPS) is 16.7. The van der Waals surface area contributed by atoms with E-state index in [0.29, 0.717) is 6.04 Å². The molecule has 1 aliphatic carbocycles. The van der Waals surface area contributed by atoms with Gasteiger partial charge in [0, 0.05) is 24.8 Å². The lowest BCUT2D eigenvalue weighted by Crippen LogP contribution is -2.22. The number of benzene rings is 2. The van der Waals surface area contributed by atoms with Gasteiger partial charge in [-0.3, -0.25) is 9.36 Å². The fourth-order valence-corrected chi connectivity index (χ4v) is 5.13. The number of hydrogen-bond donors (Lipinski definition) is 1. The van der Waals surface area contributed by atoms with Crippen molar-refractivity contribution in [3.63, 3.8) is 0 Å².